The summed E-state index contributed by atoms with van der Waals surface area (Å²) in [6.07, 6.45) is 0. The van der Waals surface area contributed by atoms with E-state index in [0.29, 0.717) is 0 Å². The lowest BCUT2D eigenvalue weighted by Gasteiger charge is -2.25. The van der Waals surface area contributed by atoms with Crippen molar-refractivity contribution >= 4 is 32.6 Å². The molecule has 0 fully saturated rings. The highest BCUT2D eigenvalue weighted by molar-refractivity contribution is 8.17. The summed E-state index contributed by atoms with van der Waals surface area (Å²) < 4.78 is 0. The molecule has 0 amide bonds. The number of hydrogen-bond donors (Lipinski definition) is 0. The Hall–Kier alpha value is -2.16. The van der Waals surface area contributed by atoms with Crippen molar-refractivity contribution in [3.05, 3.63) is 102 Å². The molecular weight excluding hydrogens is 340 g/mol. The molecule has 2 atom stereocenters. The first-order chi connectivity index (χ1) is 12.4. The smallest absolute Gasteiger partial charge is 0.0619 e. The predicted octanol–water partition coefficient (Wildman–Crippen LogP) is 6.05. The first-order valence-electron chi connectivity index (χ1n) is 8.35. The van der Waals surface area contributed by atoms with Gasteiger partial charge in [-0.05, 0) is 63.6 Å². The molecule has 0 saturated heterocycles. The van der Waals surface area contributed by atoms with Gasteiger partial charge in [0, 0.05) is 0 Å². The molecule has 1 aliphatic rings. The molecule has 0 radical (unpaired) electrons. The van der Waals surface area contributed by atoms with Crippen molar-refractivity contribution in [2.24, 2.45) is 0 Å². The third kappa shape index (κ3) is 2.57. The van der Waals surface area contributed by atoms with Gasteiger partial charge in [0.25, 0.3) is 0 Å². The van der Waals surface area contributed by atoms with E-state index in [9.17, 15) is 0 Å². The molecular formula is C23H17S2+. The van der Waals surface area contributed by atoms with Gasteiger partial charge in [0.1, 0.15) is 24.7 Å². The zero-order valence-corrected chi connectivity index (χ0v) is 15.3. The maximum atomic E-state index is 2.57. The highest BCUT2D eigenvalue weighted by Crippen LogP contribution is 2.45. The van der Waals surface area contributed by atoms with Crippen LogP contribution in [0.15, 0.2) is 117 Å². The van der Waals surface area contributed by atoms with E-state index in [-0.39, 0.29) is 21.8 Å². The van der Waals surface area contributed by atoms with Gasteiger partial charge in [-0.1, -0.05) is 60.7 Å². The van der Waals surface area contributed by atoms with E-state index < -0.39 is 0 Å². The maximum Gasteiger partial charge on any atom is 0.146 e. The van der Waals surface area contributed by atoms with Crippen molar-refractivity contribution in [3.63, 3.8) is 0 Å². The number of hydrogen-bond acceptors (Lipinski definition) is 0. The Bertz CT molecular complexity index is 945. The standard InChI is InChI=1S/C23H17S2/c1-3-11-19(12-4-1)24-17-25(20-13-5-2-6-14-20)22-16-8-10-18-9-7-15-21(24)23(18)22/h1-17H/q+1. The second kappa shape index (κ2) is 6.29. The van der Waals surface area contributed by atoms with Gasteiger partial charge in [0.15, 0.2) is 0 Å². The van der Waals surface area contributed by atoms with Gasteiger partial charge < -0.3 is 0 Å². The van der Waals surface area contributed by atoms with Crippen LogP contribution in [0.5, 0.6) is 0 Å². The zero-order valence-electron chi connectivity index (χ0n) is 13.6. The van der Waals surface area contributed by atoms with Crippen molar-refractivity contribution < 1.29 is 0 Å². The monoisotopic (exact) mass is 357 g/mol. The minimum absolute atomic E-state index is 0.000392. The van der Waals surface area contributed by atoms with E-state index in [1.807, 2.05) is 0 Å². The molecule has 0 aliphatic carbocycles. The maximum absolute atomic E-state index is 2.57. The molecule has 4 aromatic carbocycles. The summed E-state index contributed by atoms with van der Waals surface area (Å²) in [6.45, 7) is 0. The normalized spacial score (nSPS) is 19.0. The van der Waals surface area contributed by atoms with Crippen LogP contribution in [-0.2, 0) is 21.8 Å². The summed E-state index contributed by atoms with van der Waals surface area (Å²) in [6, 6.07) is 35.4. The van der Waals surface area contributed by atoms with Crippen LogP contribution in [0.4, 0.5) is 0 Å². The Morgan fingerprint density at radius 1 is 0.480 bits per heavy atom. The van der Waals surface area contributed by atoms with Crippen LogP contribution in [-0.4, -0.2) is 0 Å². The van der Waals surface area contributed by atoms with Gasteiger partial charge in [0.05, 0.1) is 5.39 Å². The fourth-order valence-corrected chi connectivity index (χ4v) is 8.65. The van der Waals surface area contributed by atoms with E-state index in [2.05, 4.69) is 102 Å². The molecule has 0 spiro atoms. The molecule has 5 rings (SSSR count). The molecule has 2 unspecified atom stereocenters. The van der Waals surface area contributed by atoms with E-state index in [1.54, 1.807) is 0 Å². The average Bonchev–Trinajstić information content (AvgIpc) is 2.70. The van der Waals surface area contributed by atoms with Crippen molar-refractivity contribution in [1.82, 2.24) is 0 Å². The highest BCUT2D eigenvalue weighted by atomic mass is 32.3. The Kier molecular flexibility index (Phi) is 3.80. The van der Waals surface area contributed by atoms with Crippen LogP contribution >= 0.6 is 0 Å². The molecule has 0 aromatic heterocycles. The molecule has 120 valence electrons. The van der Waals surface area contributed by atoms with Crippen molar-refractivity contribution in [2.45, 2.75) is 19.6 Å². The lowest BCUT2D eigenvalue weighted by Crippen LogP contribution is -2.19. The summed E-state index contributed by atoms with van der Waals surface area (Å²) in [4.78, 5) is 5.72. The second-order valence-corrected chi connectivity index (χ2v) is 9.95. The average molecular weight is 358 g/mol. The summed E-state index contributed by atoms with van der Waals surface area (Å²) in [7, 11) is 0.000785. The lowest BCUT2D eigenvalue weighted by molar-refractivity contribution is 1.35. The van der Waals surface area contributed by atoms with E-state index in [4.69, 9.17) is 0 Å². The SMILES string of the molecule is c1ccc([S+]2[CH-][S+](c3ccccc3)c3cccc4cccc2c34)cc1. The minimum Gasteiger partial charge on any atom is -0.0619 e. The first kappa shape index (κ1) is 15.1. The van der Waals surface area contributed by atoms with Crippen molar-refractivity contribution in [1.29, 1.82) is 0 Å². The van der Waals surface area contributed by atoms with Gasteiger partial charge >= 0.3 is 0 Å². The summed E-state index contributed by atoms with van der Waals surface area (Å²) in [5.41, 5.74) is 0. The quantitative estimate of drug-likeness (QED) is 0.303. The third-order valence-corrected chi connectivity index (χ3v) is 9.22. The molecule has 0 bridgehead atoms. The first-order valence-corrected chi connectivity index (χ1v) is 10.9. The minimum atomic E-state index is 0.000392. The Morgan fingerprint density at radius 3 is 1.44 bits per heavy atom. The van der Waals surface area contributed by atoms with E-state index in [0.717, 1.165) is 0 Å². The summed E-state index contributed by atoms with van der Waals surface area (Å²) >= 11 is 0. The van der Waals surface area contributed by atoms with Crippen LogP contribution in [0, 0.1) is 5.08 Å². The Labute approximate surface area is 154 Å². The van der Waals surface area contributed by atoms with Crippen molar-refractivity contribution in [2.75, 3.05) is 0 Å². The fraction of sp³-hybridized carbons (Fsp3) is 0. The molecule has 25 heavy (non-hydrogen) atoms. The lowest BCUT2D eigenvalue weighted by atomic mass is 10.1. The van der Waals surface area contributed by atoms with Crippen LogP contribution in [0.2, 0.25) is 0 Å². The largest absolute Gasteiger partial charge is 0.146 e. The van der Waals surface area contributed by atoms with E-state index in [1.165, 1.54) is 30.4 Å². The van der Waals surface area contributed by atoms with Gasteiger partial charge in [-0.25, -0.2) is 0 Å². The van der Waals surface area contributed by atoms with E-state index >= 15 is 0 Å². The summed E-state index contributed by atoms with van der Waals surface area (Å²) in [5.74, 6) is 0. The van der Waals surface area contributed by atoms with Crippen LogP contribution < -0.4 is 0 Å². The Morgan fingerprint density at radius 2 is 0.960 bits per heavy atom. The molecule has 4 aromatic rings. The predicted molar refractivity (Wildman–Crippen MR) is 109 cm³/mol. The summed E-state index contributed by atoms with van der Waals surface area (Å²) in [5, 5.41) is 5.37. The molecule has 0 N–H and O–H groups in total. The van der Waals surface area contributed by atoms with Crippen LogP contribution in [0.25, 0.3) is 10.8 Å². The molecule has 2 heteroatoms. The number of rotatable bonds is 2. The molecule has 1 heterocycles. The van der Waals surface area contributed by atoms with Gasteiger partial charge in [-0.2, -0.15) is 0 Å². The van der Waals surface area contributed by atoms with Gasteiger partial charge in [-0.15, -0.1) is 0 Å². The zero-order chi connectivity index (χ0) is 16.6. The second-order valence-electron chi connectivity index (χ2n) is 6.01. The fourth-order valence-electron chi connectivity index (χ4n) is 3.34. The Balaban J connectivity index is 1.79. The molecule has 1 aliphatic heterocycles. The topological polar surface area (TPSA) is 0 Å². The molecule has 0 saturated carbocycles. The van der Waals surface area contributed by atoms with Crippen LogP contribution in [0.3, 0.4) is 0 Å². The molecule has 0 nitrogen and oxygen atoms in total. The van der Waals surface area contributed by atoms with Crippen molar-refractivity contribution in [3.8, 4) is 0 Å². The highest BCUT2D eigenvalue weighted by Gasteiger charge is 2.37. The number of benzene rings is 4. The van der Waals surface area contributed by atoms with Gasteiger partial charge in [0.2, 0.25) is 0 Å². The third-order valence-electron chi connectivity index (χ3n) is 4.49. The van der Waals surface area contributed by atoms with Gasteiger partial charge in [-0.3, -0.25) is 0 Å². The van der Waals surface area contributed by atoms with Crippen LogP contribution in [0.1, 0.15) is 0 Å².